The van der Waals surface area contributed by atoms with E-state index in [2.05, 4.69) is 6.92 Å². The highest BCUT2D eigenvalue weighted by Gasteiger charge is 2.06. The van der Waals surface area contributed by atoms with Gasteiger partial charge in [0.2, 0.25) is 10.0 Å². The van der Waals surface area contributed by atoms with Crippen molar-refractivity contribution in [1.29, 1.82) is 0 Å². The van der Waals surface area contributed by atoms with E-state index in [1.807, 2.05) is 0 Å². The molecule has 0 saturated heterocycles. The number of benzene rings is 1. The van der Waals surface area contributed by atoms with Crippen LogP contribution in [0.1, 0.15) is 71.1 Å². The first-order valence-electron chi connectivity index (χ1n) is 8.79. The number of hydrogen-bond donors (Lipinski definition) is 1. The second kappa shape index (κ2) is 11.5. The van der Waals surface area contributed by atoms with Crippen LogP contribution in [0.25, 0.3) is 0 Å². The van der Waals surface area contributed by atoms with Crippen molar-refractivity contribution in [3.63, 3.8) is 0 Å². The highest BCUT2D eigenvalue weighted by molar-refractivity contribution is 7.89. The lowest BCUT2D eigenvalue weighted by atomic mass is 10.1. The molecule has 0 bridgehead atoms. The fourth-order valence-corrected chi connectivity index (χ4v) is 3.02. The Bertz CT molecular complexity index is 512. The molecule has 4 nitrogen and oxygen atoms in total. The van der Waals surface area contributed by atoms with Gasteiger partial charge in [0.25, 0.3) is 0 Å². The maximum absolute atomic E-state index is 11.1. The Morgan fingerprint density at radius 1 is 0.826 bits per heavy atom. The van der Waals surface area contributed by atoms with Gasteiger partial charge in [-0.2, -0.15) is 0 Å². The van der Waals surface area contributed by atoms with Crippen LogP contribution in [0.3, 0.4) is 0 Å². The zero-order chi connectivity index (χ0) is 17.0. The molecule has 0 spiro atoms. The van der Waals surface area contributed by atoms with E-state index in [9.17, 15) is 8.42 Å². The topological polar surface area (TPSA) is 69.4 Å². The van der Waals surface area contributed by atoms with Gasteiger partial charge >= 0.3 is 0 Å². The van der Waals surface area contributed by atoms with E-state index in [4.69, 9.17) is 9.88 Å². The summed E-state index contributed by atoms with van der Waals surface area (Å²) in [7, 11) is -3.62. The summed E-state index contributed by atoms with van der Waals surface area (Å²) in [5.74, 6) is 0.688. The molecule has 0 radical (unpaired) electrons. The first kappa shape index (κ1) is 20.0. The van der Waals surface area contributed by atoms with Gasteiger partial charge in [-0.3, -0.25) is 0 Å². The van der Waals surface area contributed by atoms with E-state index in [1.54, 1.807) is 12.1 Å². The van der Waals surface area contributed by atoms with Crippen molar-refractivity contribution in [1.82, 2.24) is 0 Å². The predicted octanol–water partition coefficient (Wildman–Crippen LogP) is 4.63. The molecule has 0 atom stereocenters. The van der Waals surface area contributed by atoms with Crippen molar-refractivity contribution in [2.45, 2.75) is 76.0 Å². The Morgan fingerprint density at radius 2 is 1.30 bits per heavy atom. The van der Waals surface area contributed by atoms with E-state index in [0.29, 0.717) is 12.4 Å². The van der Waals surface area contributed by atoms with E-state index >= 15 is 0 Å². The summed E-state index contributed by atoms with van der Waals surface area (Å²) in [4.78, 5) is 0.115. The fraction of sp³-hybridized carbons (Fsp3) is 0.667. The van der Waals surface area contributed by atoms with Gasteiger partial charge in [-0.15, -0.1) is 0 Å². The lowest BCUT2D eigenvalue weighted by Crippen LogP contribution is -2.11. The van der Waals surface area contributed by atoms with Crippen molar-refractivity contribution in [3.05, 3.63) is 24.3 Å². The van der Waals surface area contributed by atoms with E-state index in [-0.39, 0.29) is 4.90 Å². The number of rotatable bonds is 13. The minimum atomic E-state index is -3.62. The molecule has 0 aliphatic rings. The summed E-state index contributed by atoms with van der Waals surface area (Å²) in [5, 5.41) is 5.05. The molecule has 0 heterocycles. The molecule has 1 aromatic carbocycles. The number of nitrogens with two attached hydrogens (primary N) is 1. The van der Waals surface area contributed by atoms with Gasteiger partial charge in [-0.1, -0.05) is 64.7 Å². The minimum Gasteiger partial charge on any atom is -0.494 e. The Kier molecular flexibility index (Phi) is 9.96. The van der Waals surface area contributed by atoms with Crippen LogP contribution in [0.2, 0.25) is 0 Å². The largest absolute Gasteiger partial charge is 0.494 e. The molecular weight excluding hydrogens is 310 g/mol. The summed E-state index contributed by atoms with van der Waals surface area (Å²) in [5.41, 5.74) is 0. The Morgan fingerprint density at radius 3 is 1.78 bits per heavy atom. The van der Waals surface area contributed by atoms with Gasteiger partial charge in [-0.25, -0.2) is 13.6 Å². The maximum atomic E-state index is 11.1. The molecular formula is C18H31NO3S. The number of ether oxygens (including phenoxy) is 1. The summed E-state index contributed by atoms with van der Waals surface area (Å²) < 4.78 is 27.9. The van der Waals surface area contributed by atoms with Gasteiger partial charge in [0.1, 0.15) is 5.75 Å². The van der Waals surface area contributed by atoms with Crippen LogP contribution in [0, 0.1) is 0 Å². The highest BCUT2D eigenvalue weighted by Crippen LogP contribution is 2.16. The molecule has 1 rings (SSSR count). The van der Waals surface area contributed by atoms with Crippen molar-refractivity contribution in [2.24, 2.45) is 5.14 Å². The predicted molar refractivity (Wildman–Crippen MR) is 95.2 cm³/mol. The summed E-state index contributed by atoms with van der Waals surface area (Å²) in [6.07, 6.45) is 13.0. The molecule has 23 heavy (non-hydrogen) atoms. The van der Waals surface area contributed by atoms with Crippen LogP contribution >= 0.6 is 0 Å². The van der Waals surface area contributed by atoms with Crippen LogP contribution in [0.15, 0.2) is 29.2 Å². The monoisotopic (exact) mass is 341 g/mol. The van der Waals surface area contributed by atoms with Gasteiger partial charge in [0.05, 0.1) is 11.5 Å². The van der Waals surface area contributed by atoms with Crippen LogP contribution < -0.4 is 9.88 Å². The smallest absolute Gasteiger partial charge is 0.238 e. The molecule has 5 heteroatoms. The molecule has 0 fully saturated rings. The van der Waals surface area contributed by atoms with Crippen molar-refractivity contribution in [2.75, 3.05) is 6.61 Å². The average molecular weight is 342 g/mol. The Hall–Kier alpha value is -1.07. The van der Waals surface area contributed by atoms with Gasteiger partial charge in [-0.05, 0) is 30.7 Å². The highest BCUT2D eigenvalue weighted by atomic mass is 32.2. The zero-order valence-electron chi connectivity index (χ0n) is 14.3. The van der Waals surface area contributed by atoms with E-state index in [0.717, 1.165) is 6.42 Å². The first-order chi connectivity index (χ1) is 11.0. The fourth-order valence-electron chi connectivity index (χ4n) is 2.51. The third-order valence-electron chi connectivity index (χ3n) is 3.92. The van der Waals surface area contributed by atoms with Crippen LogP contribution in [0.5, 0.6) is 5.75 Å². The molecule has 0 saturated carbocycles. The van der Waals surface area contributed by atoms with Crippen LogP contribution in [-0.2, 0) is 10.0 Å². The summed E-state index contributed by atoms with van der Waals surface area (Å²) >= 11 is 0. The molecule has 0 aliphatic carbocycles. The zero-order valence-corrected chi connectivity index (χ0v) is 15.1. The first-order valence-corrected chi connectivity index (χ1v) is 10.3. The standard InChI is InChI=1S/C18H31NO3S/c1-2-3-4-5-6-7-8-9-10-11-16-22-17-12-14-18(15-13-17)23(19,20)21/h12-15H,2-11,16H2,1H3,(H2,19,20,21). The number of unbranched alkanes of at least 4 members (excludes halogenated alkanes) is 9. The molecule has 0 aliphatic heterocycles. The normalized spacial score (nSPS) is 11.6. The third-order valence-corrected chi connectivity index (χ3v) is 4.85. The van der Waals surface area contributed by atoms with Crippen molar-refractivity contribution in [3.8, 4) is 5.75 Å². The van der Waals surface area contributed by atoms with Crippen LogP contribution in [-0.4, -0.2) is 15.0 Å². The second-order valence-corrected chi connectivity index (χ2v) is 7.61. The molecule has 132 valence electrons. The average Bonchev–Trinajstić information content (AvgIpc) is 2.52. The minimum absolute atomic E-state index is 0.115. The SMILES string of the molecule is CCCCCCCCCCCCOc1ccc(S(N)(=O)=O)cc1. The molecule has 2 N–H and O–H groups in total. The Balaban J connectivity index is 2.01. The van der Waals surface area contributed by atoms with Crippen molar-refractivity contribution < 1.29 is 13.2 Å². The summed E-state index contributed by atoms with van der Waals surface area (Å²) in [6.45, 7) is 2.92. The molecule has 0 aromatic heterocycles. The number of hydrogen-bond acceptors (Lipinski definition) is 3. The number of sulfonamides is 1. The second-order valence-electron chi connectivity index (χ2n) is 6.05. The lowest BCUT2D eigenvalue weighted by molar-refractivity contribution is 0.304. The number of primary sulfonamides is 1. The van der Waals surface area contributed by atoms with Crippen molar-refractivity contribution >= 4 is 10.0 Å². The van der Waals surface area contributed by atoms with Gasteiger partial charge in [0, 0.05) is 0 Å². The maximum Gasteiger partial charge on any atom is 0.238 e. The van der Waals surface area contributed by atoms with E-state index < -0.39 is 10.0 Å². The van der Waals surface area contributed by atoms with Gasteiger partial charge in [0.15, 0.2) is 0 Å². The third kappa shape index (κ3) is 9.61. The lowest BCUT2D eigenvalue weighted by Gasteiger charge is -2.07. The molecule has 1 aromatic rings. The Labute approximate surface area is 141 Å². The van der Waals surface area contributed by atoms with Gasteiger partial charge < -0.3 is 4.74 Å². The van der Waals surface area contributed by atoms with Crippen LogP contribution in [0.4, 0.5) is 0 Å². The van der Waals surface area contributed by atoms with E-state index in [1.165, 1.54) is 69.9 Å². The summed E-state index contributed by atoms with van der Waals surface area (Å²) in [6, 6.07) is 6.25. The quantitative estimate of drug-likeness (QED) is 0.532. The molecule has 0 amide bonds. The molecule has 0 unspecified atom stereocenters.